The van der Waals surface area contributed by atoms with Gasteiger partial charge in [0.05, 0.1) is 22.9 Å². The Labute approximate surface area is 310 Å². The average Bonchev–Trinajstić information content (AvgIpc) is 3.84. The summed E-state index contributed by atoms with van der Waals surface area (Å²) in [5.74, 6) is 1.96. The minimum absolute atomic E-state index is 0. The molecule has 0 aliphatic rings. The van der Waals surface area contributed by atoms with Crippen LogP contribution in [0.15, 0.2) is 116 Å². The summed E-state index contributed by atoms with van der Waals surface area (Å²) in [6.07, 6.45) is 5.37. The van der Waals surface area contributed by atoms with E-state index in [-0.39, 0.29) is 26.5 Å². The maximum absolute atomic E-state index is 6.54. The fourth-order valence-corrected chi connectivity index (χ4v) is 7.15. The molecule has 0 unspecified atom stereocenters. The van der Waals surface area contributed by atoms with Crippen LogP contribution < -0.4 is 4.74 Å². The molecule has 51 heavy (non-hydrogen) atoms. The molecule has 0 fully saturated rings. The molecule has 0 amide bonds. The third-order valence-corrected chi connectivity index (χ3v) is 9.57. The summed E-state index contributed by atoms with van der Waals surface area (Å²) in [7, 11) is 0. The molecule has 8 heteroatoms. The van der Waals surface area contributed by atoms with Crippen LogP contribution in [0.3, 0.4) is 0 Å². The van der Waals surface area contributed by atoms with E-state index < -0.39 is 0 Å². The van der Waals surface area contributed by atoms with E-state index in [4.69, 9.17) is 9.72 Å². The number of benzene rings is 5. The van der Waals surface area contributed by atoms with Gasteiger partial charge in [-0.1, -0.05) is 86.1 Å². The van der Waals surface area contributed by atoms with Crippen molar-refractivity contribution in [3.05, 3.63) is 144 Å². The van der Waals surface area contributed by atoms with Crippen molar-refractivity contribution >= 4 is 43.6 Å². The van der Waals surface area contributed by atoms with E-state index in [0.717, 1.165) is 44.6 Å². The van der Waals surface area contributed by atoms with E-state index in [1.165, 1.54) is 32.9 Å². The Morgan fingerprint density at radius 3 is 2.10 bits per heavy atom. The Balaban J connectivity index is 0.00000374. The minimum Gasteiger partial charge on any atom is -0.509 e. The van der Waals surface area contributed by atoms with Gasteiger partial charge in [-0.25, -0.2) is 9.67 Å². The zero-order valence-electron chi connectivity index (χ0n) is 28.9. The number of aryl methyl sites for hydroxylation is 2. The Bertz CT molecular complexity index is 2690. The standard InChI is InChI=1S/C43H34N6O.Pt/c1-27-10-8-13-36-37-14-9-11-28(2)42(37)48(41(27)36)30-18-19-44-40(25-30)49-38-15-7-6-12-34(38)35-17-16-32(26-39(35)49)50-33-23-29(43(3,4)5)22-31(24-33)47-21-20-45-46-47;/h6-23,25H,1-5H3;/q-2;+2. The van der Waals surface area contributed by atoms with Gasteiger partial charge in [0.1, 0.15) is 5.82 Å². The zero-order valence-corrected chi connectivity index (χ0v) is 31.1. The van der Waals surface area contributed by atoms with Crippen LogP contribution in [0.1, 0.15) is 37.5 Å². The SMILES string of the molecule is Cc1cccc2c3cccc(C)c3n(-c3ccnc(-n4c5[c-]c(Oc6[c-]c(-n7ccnn7)cc(C(C)(C)C)c6)ccc5c5ccccc54)c3)c12.[Pt+2]. The maximum Gasteiger partial charge on any atom is 2.00 e. The second-order valence-electron chi connectivity index (χ2n) is 13.9. The van der Waals surface area contributed by atoms with Crippen molar-refractivity contribution in [2.45, 2.75) is 40.0 Å². The van der Waals surface area contributed by atoms with Gasteiger partial charge in [0.2, 0.25) is 0 Å². The molecule has 0 aliphatic heterocycles. The number of hydrogen-bond donors (Lipinski definition) is 0. The maximum atomic E-state index is 6.54. The molecule has 0 atom stereocenters. The van der Waals surface area contributed by atoms with E-state index in [9.17, 15) is 0 Å². The fourth-order valence-electron chi connectivity index (χ4n) is 7.15. The monoisotopic (exact) mass is 845 g/mol. The summed E-state index contributed by atoms with van der Waals surface area (Å²) in [6.45, 7) is 10.9. The number of rotatable bonds is 5. The van der Waals surface area contributed by atoms with Crippen molar-refractivity contribution in [1.82, 2.24) is 29.1 Å². The predicted octanol–water partition coefficient (Wildman–Crippen LogP) is 10.2. The molecule has 9 rings (SSSR count). The molecule has 0 radical (unpaired) electrons. The summed E-state index contributed by atoms with van der Waals surface area (Å²) >= 11 is 0. The average molecular weight is 846 g/mol. The predicted molar refractivity (Wildman–Crippen MR) is 200 cm³/mol. The first-order valence-corrected chi connectivity index (χ1v) is 16.8. The molecule has 4 aromatic heterocycles. The zero-order chi connectivity index (χ0) is 34.1. The topological polar surface area (TPSA) is 62.7 Å². The van der Waals surface area contributed by atoms with Crippen molar-refractivity contribution in [1.29, 1.82) is 0 Å². The van der Waals surface area contributed by atoms with E-state index in [1.807, 2.05) is 24.5 Å². The van der Waals surface area contributed by atoms with E-state index in [0.29, 0.717) is 11.5 Å². The number of para-hydroxylation sites is 3. The number of nitrogens with zero attached hydrogens (tertiary/aromatic N) is 6. The van der Waals surface area contributed by atoms with Crippen molar-refractivity contribution in [3.8, 4) is 28.7 Å². The number of ether oxygens (including phenoxy) is 1. The molecular formula is C43H34N6OPt. The van der Waals surface area contributed by atoms with Crippen molar-refractivity contribution in [2.24, 2.45) is 0 Å². The van der Waals surface area contributed by atoms with Gasteiger partial charge in [0.15, 0.2) is 0 Å². The third-order valence-electron chi connectivity index (χ3n) is 9.57. The summed E-state index contributed by atoms with van der Waals surface area (Å²) < 4.78 is 12.8. The molecule has 9 aromatic rings. The van der Waals surface area contributed by atoms with Crippen LogP contribution in [0, 0.1) is 26.0 Å². The van der Waals surface area contributed by atoms with Crippen LogP contribution in [0.4, 0.5) is 0 Å². The van der Waals surface area contributed by atoms with Crippen LogP contribution in [-0.4, -0.2) is 29.1 Å². The minimum atomic E-state index is -0.118. The molecule has 0 N–H and O–H groups in total. The largest absolute Gasteiger partial charge is 2.00 e. The Hall–Kier alpha value is -5.52. The molecule has 7 nitrogen and oxygen atoms in total. The van der Waals surface area contributed by atoms with Crippen molar-refractivity contribution in [3.63, 3.8) is 0 Å². The van der Waals surface area contributed by atoms with Gasteiger partial charge < -0.3 is 13.9 Å². The molecule has 0 saturated heterocycles. The van der Waals surface area contributed by atoms with E-state index in [2.05, 4.69) is 151 Å². The number of pyridine rings is 1. The molecule has 0 spiro atoms. The number of fused-ring (bicyclic) bond motifs is 6. The summed E-state index contributed by atoms with van der Waals surface area (Å²) in [6, 6.07) is 41.0. The molecule has 0 bridgehead atoms. The van der Waals surface area contributed by atoms with Gasteiger partial charge in [-0.2, -0.15) is 6.07 Å². The quantitative estimate of drug-likeness (QED) is 0.162. The van der Waals surface area contributed by atoms with Gasteiger partial charge in [-0.05, 0) is 53.6 Å². The first kappa shape index (κ1) is 32.7. The molecule has 5 aromatic carbocycles. The Kier molecular flexibility index (Phi) is 7.92. The molecule has 0 saturated carbocycles. The first-order chi connectivity index (χ1) is 24.2. The van der Waals surface area contributed by atoms with Crippen LogP contribution in [-0.2, 0) is 26.5 Å². The van der Waals surface area contributed by atoms with Crippen LogP contribution in [0.5, 0.6) is 11.5 Å². The molecule has 4 heterocycles. The second kappa shape index (κ2) is 12.4. The third kappa shape index (κ3) is 5.44. The summed E-state index contributed by atoms with van der Waals surface area (Å²) in [5.41, 5.74) is 9.58. The summed E-state index contributed by atoms with van der Waals surface area (Å²) in [4.78, 5) is 4.96. The van der Waals surface area contributed by atoms with Crippen molar-refractivity contribution < 1.29 is 25.8 Å². The van der Waals surface area contributed by atoms with Crippen LogP contribution >= 0.6 is 0 Å². The van der Waals surface area contributed by atoms with Crippen LogP contribution in [0.25, 0.3) is 60.8 Å². The number of aromatic nitrogens is 6. The second-order valence-corrected chi connectivity index (χ2v) is 13.9. The van der Waals surface area contributed by atoms with Gasteiger partial charge in [-0.15, -0.1) is 46.4 Å². The van der Waals surface area contributed by atoms with Gasteiger partial charge in [0, 0.05) is 46.2 Å². The Morgan fingerprint density at radius 2 is 1.39 bits per heavy atom. The normalized spacial score (nSPS) is 11.9. The smallest absolute Gasteiger partial charge is 0.509 e. The van der Waals surface area contributed by atoms with E-state index >= 15 is 0 Å². The number of hydrogen-bond acceptors (Lipinski definition) is 4. The molecule has 0 aliphatic carbocycles. The molecular weight excluding hydrogens is 812 g/mol. The first-order valence-electron chi connectivity index (χ1n) is 16.8. The molecule has 252 valence electrons. The fraction of sp³-hybridized carbons (Fsp3) is 0.140. The summed E-state index contributed by atoms with van der Waals surface area (Å²) in [5, 5.41) is 12.9. The van der Waals surface area contributed by atoms with Gasteiger partial charge >= 0.3 is 21.1 Å². The van der Waals surface area contributed by atoms with Crippen LogP contribution in [0.2, 0.25) is 0 Å². The van der Waals surface area contributed by atoms with Gasteiger partial charge in [-0.3, -0.25) is 0 Å². The van der Waals surface area contributed by atoms with E-state index in [1.54, 1.807) is 10.9 Å². The Morgan fingerprint density at radius 1 is 0.667 bits per heavy atom. The van der Waals surface area contributed by atoms with Gasteiger partial charge in [0.25, 0.3) is 0 Å². The van der Waals surface area contributed by atoms with Crippen molar-refractivity contribution in [2.75, 3.05) is 0 Å².